The third-order valence-electron chi connectivity index (χ3n) is 7.60. The van der Waals surface area contributed by atoms with E-state index in [0.717, 1.165) is 13.2 Å². The first-order chi connectivity index (χ1) is 20.4. The molecule has 0 aromatic rings. The molecule has 6 heteroatoms. The van der Waals surface area contributed by atoms with Gasteiger partial charge in [0, 0.05) is 13.2 Å². The number of hydrogen-bond donors (Lipinski definition) is 2. The summed E-state index contributed by atoms with van der Waals surface area (Å²) in [6.45, 7) is 6.54. The van der Waals surface area contributed by atoms with E-state index < -0.39 is 10.4 Å². The summed E-state index contributed by atoms with van der Waals surface area (Å²) in [4.78, 5) is 0. The lowest BCUT2D eigenvalue weighted by Crippen LogP contribution is -1.97. The summed E-state index contributed by atoms with van der Waals surface area (Å²) in [6, 6.07) is 0. The van der Waals surface area contributed by atoms with Gasteiger partial charge in [0.25, 0.3) is 0 Å². The van der Waals surface area contributed by atoms with Crippen LogP contribution in [-0.2, 0) is 15.1 Å². The second-order valence-corrected chi connectivity index (χ2v) is 12.8. The number of ether oxygens (including phenoxy) is 1. The van der Waals surface area contributed by atoms with E-state index in [4.69, 9.17) is 22.3 Å². The van der Waals surface area contributed by atoms with Gasteiger partial charge in [0.05, 0.1) is 0 Å². The van der Waals surface area contributed by atoms with E-state index in [1.807, 2.05) is 0 Å². The molecule has 0 atom stereocenters. The van der Waals surface area contributed by atoms with Gasteiger partial charge in [-0.05, 0) is 64.2 Å². The van der Waals surface area contributed by atoms with Crippen LogP contribution in [0, 0.1) is 0 Å². The highest BCUT2D eigenvalue weighted by molar-refractivity contribution is 7.79. The van der Waals surface area contributed by atoms with Crippen molar-refractivity contribution in [1.82, 2.24) is 0 Å². The third-order valence-corrected chi connectivity index (χ3v) is 7.60. The Hall–Kier alpha value is -0.690. The second-order valence-electron chi connectivity index (χ2n) is 11.9. The van der Waals surface area contributed by atoms with Crippen LogP contribution in [0.25, 0.3) is 0 Å². The minimum absolute atomic E-state index is 0.978. The van der Waals surface area contributed by atoms with Crippen molar-refractivity contribution in [2.45, 2.75) is 194 Å². The standard InChI is InChI=1S/C36H70O.H2O4S/c1-3-5-7-9-11-13-15-17-19-21-23-25-27-29-31-33-35-37-36-34-32-30-28-26-24-22-20-18-16-14-12-10-8-6-4-2;1-5(2,3)4/h17-20H,3-16,21-36H2,1-2H3;(H2,1,2,3,4). The largest absolute Gasteiger partial charge is 0.394 e. The number of allylic oxidation sites excluding steroid dienone is 4. The Kier molecular flexibility index (Phi) is 39.6. The Morgan fingerprint density at radius 2 is 0.619 bits per heavy atom. The van der Waals surface area contributed by atoms with E-state index in [1.54, 1.807) is 0 Å². The van der Waals surface area contributed by atoms with Crippen molar-refractivity contribution in [2.75, 3.05) is 13.2 Å². The van der Waals surface area contributed by atoms with Crippen molar-refractivity contribution in [2.24, 2.45) is 0 Å². The van der Waals surface area contributed by atoms with Gasteiger partial charge in [-0.1, -0.05) is 154 Å². The molecule has 0 bridgehead atoms. The third kappa shape index (κ3) is 52.0. The van der Waals surface area contributed by atoms with Gasteiger partial charge in [0.2, 0.25) is 0 Å². The topological polar surface area (TPSA) is 83.8 Å². The van der Waals surface area contributed by atoms with Crippen LogP contribution in [0.1, 0.15) is 194 Å². The minimum atomic E-state index is -4.67. The van der Waals surface area contributed by atoms with Crippen LogP contribution in [0.2, 0.25) is 0 Å². The Bertz CT molecular complexity index is 597. The van der Waals surface area contributed by atoms with Crippen LogP contribution >= 0.6 is 0 Å². The summed E-state index contributed by atoms with van der Waals surface area (Å²) in [7, 11) is -4.67. The molecule has 0 aliphatic carbocycles. The van der Waals surface area contributed by atoms with E-state index in [2.05, 4.69) is 38.2 Å². The molecule has 252 valence electrons. The van der Waals surface area contributed by atoms with Gasteiger partial charge in [0.15, 0.2) is 0 Å². The summed E-state index contributed by atoms with van der Waals surface area (Å²) < 4.78 is 37.4. The van der Waals surface area contributed by atoms with Crippen LogP contribution < -0.4 is 0 Å². The predicted molar refractivity (Wildman–Crippen MR) is 184 cm³/mol. The van der Waals surface area contributed by atoms with Crippen molar-refractivity contribution in [1.29, 1.82) is 0 Å². The van der Waals surface area contributed by atoms with Crippen molar-refractivity contribution in [3.05, 3.63) is 24.3 Å². The Labute approximate surface area is 263 Å². The SMILES string of the molecule is CCCCCCCCC=CCCCCCCCCOCCCCCCCCC=CCCCCCCCC.O=S(=O)(O)O. The summed E-state index contributed by atoms with van der Waals surface area (Å²) in [5.41, 5.74) is 0. The molecule has 0 amide bonds. The van der Waals surface area contributed by atoms with Crippen molar-refractivity contribution < 1.29 is 22.3 Å². The van der Waals surface area contributed by atoms with Gasteiger partial charge in [-0.15, -0.1) is 0 Å². The lowest BCUT2D eigenvalue weighted by Gasteiger charge is -2.05. The molecule has 0 fully saturated rings. The fourth-order valence-corrected chi connectivity index (χ4v) is 5.01. The normalized spacial score (nSPS) is 11.9. The quantitative estimate of drug-likeness (QED) is 0.0446. The molecule has 0 aliphatic rings. The average Bonchev–Trinajstić information content (AvgIpc) is 2.94. The predicted octanol–water partition coefficient (Wildman–Crippen LogP) is 12.4. The molecule has 2 N–H and O–H groups in total. The average molecular weight is 617 g/mol. The van der Waals surface area contributed by atoms with Crippen LogP contribution in [0.15, 0.2) is 24.3 Å². The van der Waals surface area contributed by atoms with Gasteiger partial charge in [-0.2, -0.15) is 8.42 Å². The molecule has 0 unspecified atom stereocenters. The molecular formula is C36H72O5S. The van der Waals surface area contributed by atoms with Gasteiger partial charge in [0.1, 0.15) is 0 Å². The first kappa shape index (κ1) is 43.4. The van der Waals surface area contributed by atoms with Gasteiger partial charge in [-0.25, -0.2) is 0 Å². The van der Waals surface area contributed by atoms with Crippen molar-refractivity contribution in [3.8, 4) is 0 Å². The zero-order valence-electron chi connectivity index (χ0n) is 28.1. The zero-order chi connectivity index (χ0) is 31.2. The maximum Gasteiger partial charge on any atom is 0.394 e. The highest BCUT2D eigenvalue weighted by Gasteiger charge is 1.95. The van der Waals surface area contributed by atoms with Crippen molar-refractivity contribution in [3.63, 3.8) is 0 Å². The lowest BCUT2D eigenvalue weighted by atomic mass is 10.1. The first-order valence-corrected chi connectivity index (χ1v) is 19.4. The summed E-state index contributed by atoms with van der Waals surface area (Å²) in [5.74, 6) is 0. The molecule has 0 aromatic carbocycles. The molecule has 0 radical (unpaired) electrons. The summed E-state index contributed by atoms with van der Waals surface area (Å²) in [5, 5.41) is 0. The minimum Gasteiger partial charge on any atom is -0.381 e. The van der Waals surface area contributed by atoms with E-state index in [9.17, 15) is 0 Å². The smallest absolute Gasteiger partial charge is 0.381 e. The maximum atomic E-state index is 8.74. The Balaban J connectivity index is 0. The van der Waals surface area contributed by atoms with Crippen LogP contribution in [-0.4, -0.2) is 30.7 Å². The molecule has 42 heavy (non-hydrogen) atoms. The Morgan fingerprint density at radius 3 is 0.881 bits per heavy atom. The summed E-state index contributed by atoms with van der Waals surface area (Å²) in [6.07, 6.45) is 48.1. The number of rotatable bonds is 32. The van der Waals surface area contributed by atoms with E-state index in [0.29, 0.717) is 0 Å². The monoisotopic (exact) mass is 617 g/mol. The molecule has 0 spiro atoms. The molecule has 0 saturated heterocycles. The fraction of sp³-hybridized carbons (Fsp3) is 0.889. The summed E-state index contributed by atoms with van der Waals surface area (Å²) >= 11 is 0. The maximum absolute atomic E-state index is 8.74. The number of unbranched alkanes of at least 4 members (excludes halogenated alkanes) is 24. The molecular weight excluding hydrogens is 544 g/mol. The molecule has 0 rings (SSSR count). The molecule has 0 saturated carbocycles. The van der Waals surface area contributed by atoms with Crippen LogP contribution in [0.4, 0.5) is 0 Å². The molecule has 0 aromatic heterocycles. The van der Waals surface area contributed by atoms with Crippen LogP contribution in [0.5, 0.6) is 0 Å². The zero-order valence-corrected chi connectivity index (χ0v) is 28.9. The highest BCUT2D eigenvalue weighted by Crippen LogP contribution is 2.12. The second kappa shape index (κ2) is 38.3. The highest BCUT2D eigenvalue weighted by atomic mass is 32.3. The number of hydrogen-bond acceptors (Lipinski definition) is 3. The Morgan fingerprint density at radius 1 is 0.405 bits per heavy atom. The van der Waals surface area contributed by atoms with E-state index >= 15 is 0 Å². The van der Waals surface area contributed by atoms with E-state index in [-0.39, 0.29) is 0 Å². The molecule has 5 nitrogen and oxygen atoms in total. The van der Waals surface area contributed by atoms with E-state index in [1.165, 1.54) is 180 Å². The van der Waals surface area contributed by atoms with Crippen LogP contribution in [0.3, 0.4) is 0 Å². The lowest BCUT2D eigenvalue weighted by molar-refractivity contribution is 0.125. The molecule has 0 aliphatic heterocycles. The van der Waals surface area contributed by atoms with Crippen molar-refractivity contribution >= 4 is 10.4 Å². The first-order valence-electron chi connectivity index (χ1n) is 18.0. The fourth-order valence-electron chi connectivity index (χ4n) is 5.01. The molecule has 0 heterocycles. The van der Waals surface area contributed by atoms with Gasteiger partial charge >= 0.3 is 10.4 Å². The van der Waals surface area contributed by atoms with Gasteiger partial charge < -0.3 is 4.74 Å². The van der Waals surface area contributed by atoms with Gasteiger partial charge in [-0.3, -0.25) is 9.11 Å².